The lowest BCUT2D eigenvalue weighted by Crippen LogP contribution is -2.50. The van der Waals surface area contributed by atoms with Crippen LogP contribution < -0.4 is 5.32 Å². The molecule has 2 rings (SSSR count). The van der Waals surface area contributed by atoms with Crippen LogP contribution in [0.15, 0.2) is 21.7 Å². The fourth-order valence-corrected chi connectivity index (χ4v) is 3.00. The SMILES string of the molecule is CN=C(NCC1(O)CCC1)N(C)Cc1cc(Br)cn1C. The van der Waals surface area contributed by atoms with E-state index in [-0.39, 0.29) is 0 Å². The second-order valence-corrected chi connectivity index (χ2v) is 6.51. The van der Waals surface area contributed by atoms with Crippen molar-refractivity contribution in [1.29, 1.82) is 0 Å². The summed E-state index contributed by atoms with van der Waals surface area (Å²) in [4.78, 5) is 6.34. The standard InChI is InChI=1S/C14H23BrN4O/c1-16-13(17-10-14(20)5-4-6-14)19(3)9-12-7-11(15)8-18(12)2/h7-8,20H,4-6,9-10H2,1-3H3,(H,16,17). The smallest absolute Gasteiger partial charge is 0.193 e. The first-order chi connectivity index (χ1) is 9.43. The van der Waals surface area contributed by atoms with Gasteiger partial charge in [0, 0.05) is 44.1 Å². The van der Waals surface area contributed by atoms with Crippen molar-refractivity contribution < 1.29 is 5.11 Å². The summed E-state index contributed by atoms with van der Waals surface area (Å²) in [6.45, 7) is 1.33. The molecular formula is C14H23BrN4O. The second kappa shape index (κ2) is 6.18. The van der Waals surface area contributed by atoms with Crippen LogP contribution in [0.3, 0.4) is 0 Å². The lowest BCUT2D eigenvalue weighted by atomic mass is 9.80. The van der Waals surface area contributed by atoms with Gasteiger partial charge >= 0.3 is 0 Å². The first kappa shape index (κ1) is 15.4. The number of hydrogen-bond acceptors (Lipinski definition) is 2. The van der Waals surface area contributed by atoms with E-state index in [1.54, 1.807) is 7.05 Å². The van der Waals surface area contributed by atoms with Gasteiger partial charge in [-0.3, -0.25) is 4.99 Å². The lowest BCUT2D eigenvalue weighted by Gasteiger charge is -2.37. The van der Waals surface area contributed by atoms with Crippen LogP contribution >= 0.6 is 15.9 Å². The van der Waals surface area contributed by atoms with Gasteiger partial charge in [-0.1, -0.05) is 0 Å². The topological polar surface area (TPSA) is 52.8 Å². The molecule has 0 bridgehead atoms. The highest BCUT2D eigenvalue weighted by atomic mass is 79.9. The summed E-state index contributed by atoms with van der Waals surface area (Å²) >= 11 is 3.48. The van der Waals surface area contributed by atoms with Crippen LogP contribution in [0.25, 0.3) is 0 Å². The Hall–Kier alpha value is -1.01. The maximum atomic E-state index is 10.1. The molecule has 1 saturated carbocycles. The minimum Gasteiger partial charge on any atom is -0.388 e. The molecule has 0 aliphatic heterocycles. The highest BCUT2D eigenvalue weighted by molar-refractivity contribution is 9.10. The number of nitrogens with one attached hydrogen (secondary N) is 1. The number of aryl methyl sites for hydroxylation is 1. The minimum absolute atomic E-state index is 0.537. The van der Waals surface area contributed by atoms with Crippen molar-refractivity contribution >= 4 is 21.9 Å². The molecule has 6 heteroatoms. The highest BCUT2D eigenvalue weighted by Gasteiger charge is 2.34. The van der Waals surface area contributed by atoms with E-state index in [9.17, 15) is 5.11 Å². The summed E-state index contributed by atoms with van der Waals surface area (Å²) < 4.78 is 3.17. The summed E-state index contributed by atoms with van der Waals surface area (Å²) in [6.07, 6.45) is 4.91. The average molecular weight is 343 g/mol. The Morgan fingerprint density at radius 2 is 2.30 bits per heavy atom. The van der Waals surface area contributed by atoms with Gasteiger partial charge in [-0.15, -0.1) is 0 Å². The largest absolute Gasteiger partial charge is 0.388 e. The zero-order chi connectivity index (χ0) is 14.8. The molecular weight excluding hydrogens is 320 g/mol. The molecule has 0 aromatic carbocycles. The van der Waals surface area contributed by atoms with Crippen LogP contribution in [0.2, 0.25) is 0 Å². The number of aliphatic hydroxyl groups is 1. The summed E-state index contributed by atoms with van der Waals surface area (Å²) in [5.41, 5.74) is 0.662. The van der Waals surface area contributed by atoms with E-state index in [1.807, 2.05) is 20.3 Å². The van der Waals surface area contributed by atoms with E-state index in [0.29, 0.717) is 6.54 Å². The van der Waals surface area contributed by atoms with E-state index in [2.05, 4.69) is 41.8 Å². The Bertz CT molecular complexity index is 493. The zero-order valence-corrected chi connectivity index (χ0v) is 13.9. The van der Waals surface area contributed by atoms with Gasteiger partial charge in [-0.2, -0.15) is 0 Å². The third-order valence-corrected chi connectivity index (χ3v) is 4.34. The van der Waals surface area contributed by atoms with E-state index >= 15 is 0 Å². The Morgan fingerprint density at radius 1 is 1.60 bits per heavy atom. The third-order valence-electron chi connectivity index (χ3n) is 3.91. The van der Waals surface area contributed by atoms with Crippen molar-refractivity contribution in [3.05, 3.63) is 22.4 Å². The monoisotopic (exact) mass is 342 g/mol. The lowest BCUT2D eigenvalue weighted by molar-refractivity contribution is -0.0282. The summed E-state index contributed by atoms with van der Waals surface area (Å²) in [7, 11) is 5.80. The number of hydrogen-bond donors (Lipinski definition) is 2. The fourth-order valence-electron chi connectivity index (χ4n) is 2.43. The number of halogens is 1. The molecule has 1 aromatic rings. The maximum Gasteiger partial charge on any atom is 0.193 e. The van der Waals surface area contributed by atoms with Gasteiger partial charge in [0.25, 0.3) is 0 Å². The Balaban J connectivity index is 1.92. The van der Waals surface area contributed by atoms with Crippen molar-refractivity contribution in [1.82, 2.24) is 14.8 Å². The van der Waals surface area contributed by atoms with Crippen molar-refractivity contribution in [3.63, 3.8) is 0 Å². The molecule has 5 nitrogen and oxygen atoms in total. The molecule has 0 atom stereocenters. The van der Waals surface area contributed by atoms with Crippen LogP contribution in [0, 0.1) is 0 Å². The quantitative estimate of drug-likeness (QED) is 0.647. The van der Waals surface area contributed by atoms with Gasteiger partial charge in [0.1, 0.15) is 0 Å². The number of rotatable bonds is 4. The molecule has 0 radical (unpaired) electrons. The molecule has 1 aliphatic carbocycles. The molecule has 1 heterocycles. The second-order valence-electron chi connectivity index (χ2n) is 5.60. The van der Waals surface area contributed by atoms with E-state index in [1.165, 1.54) is 5.69 Å². The fraction of sp³-hybridized carbons (Fsp3) is 0.643. The number of guanidine groups is 1. The van der Waals surface area contributed by atoms with Gasteiger partial charge in [-0.25, -0.2) is 0 Å². The van der Waals surface area contributed by atoms with Crippen molar-refractivity contribution in [2.45, 2.75) is 31.4 Å². The zero-order valence-electron chi connectivity index (χ0n) is 12.4. The Morgan fingerprint density at radius 3 is 2.75 bits per heavy atom. The molecule has 112 valence electrons. The van der Waals surface area contributed by atoms with Crippen LogP contribution in [0.5, 0.6) is 0 Å². The number of aromatic nitrogens is 1. The van der Waals surface area contributed by atoms with Gasteiger partial charge in [0.15, 0.2) is 5.96 Å². The van der Waals surface area contributed by atoms with Crippen LogP contribution in [0.1, 0.15) is 25.0 Å². The van der Waals surface area contributed by atoms with Crippen molar-refractivity contribution in [2.24, 2.45) is 12.0 Å². The van der Waals surface area contributed by atoms with Gasteiger partial charge in [-0.05, 0) is 41.3 Å². The van der Waals surface area contributed by atoms with Crippen LogP contribution in [-0.2, 0) is 13.6 Å². The summed E-state index contributed by atoms with van der Waals surface area (Å²) in [5, 5.41) is 13.4. The predicted molar refractivity (Wildman–Crippen MR) is 84.7 cm³/mol. The average Bonchev–Trinajstić information content (AvgIpc) is 2.66. The Kier molecular flexibility index (Phi) is 4.75. The highest BCUT2D eigenvalue weighted by Crippen LogP contribution is 2.30. The maximum absolute atomic E-state index is 10.1. The van der Waals surface area contributed by atoms with E-state index < -0.39 is 5.60 Å². The molecule has 0 spiro atoms. The first-order valence-electron chi connectivity index (χ1n) is 6.88. The first-order valence-corrected chi connectivity index (χ1v) is 7.68. The van der Waals surface area contributed by atoms with Crippen LogP contribution in [-0.4, -0.2) is 46.8 Å². The Labute approximate surface area is 128 Å². The van der Waals surface area contributed by atoms with Crippen molar-refractivity contribution in [2.75, 3.05) is 20.6 Å². The molecule has 0 saturated heterocycles. The number of nitrogens with zero attached hydrogens (tertiary/aromatic N) is 3. The van der Waals surface area contributed by atoms with Crippen molar-refractivity contribution in [3.8, 4) is 0 Å². The molecule has 0 amide bonds. The minimum atomic E-state index is -0.537. The molecule has 1 aromatic heterocycles. The molecule has 0 unspecified atom stereocenters. The normalized spacial score (nSPS) is 17.8. The summed E-state index contributed by atoms with van der Waals surface area (Å²) in [5.74, 6) is 0.808. The molecule has 1 fully saturated rings. The van der Waals surface area contributed by atoms with Gasteiger partial charge in [0.2, 0.25) is 0 Å². The molecule has 1 aliphatic rings. The van der Waals surface area contributed by atoms with E-state index in [4.69, 9.17) is 0 Å². The number of aliphatic imine (C=N–C) groups is 1. The van der Waals surface area contributed by atoms with E-state index in [0.717, 1.165) is 36.2 Å². The summed E-state index contributed by atoms with van der Waals surface area (Å²) in [6, 6.07) is 2.10. The third kappa shape index (κ3) is 3.55. The molecule has 20 heavy (non-hydrogen) atoms. The van der Waals surface area contributed by atoms with Gasteiger partial charge < -0.3 is 19.9 Å². The predicted octanol–water partition coefficient (Wildman–Crippen LogP) is 1.71. The van der Waals surface area contributed by atoms with Gasteiger partial charge in [0.05, 0.1) is 12.1 Å². The van der Waals surface area contributed by atoms with Crippen LogP contribution in [0.4, 0.5) is 0 Å². The molecule has 2 N–H and O–H groups in total.